The smallest absolute Gasteiger partial charge is 0.413 e. The van der Waals surface area contributed by atoms with Crippen molar-refractivity contribution in [1.82, 2.24) is 21.3 Å². The van der Waals surface area contributed by atoms with Crippen molar-refractivity contribution < 1.29 is 24.2 Å². The Morgan fingerprint density at radius 2 is 1.97 bits per heavy atom. The minimum atomic E-state index is -1.06. The molecule has 0 bridgehead atoms. The number of carbonyl (C=O) groups excluding carboxylic acids is 2. The molecular formula is C19H31N5O5. The Balaban J connectivity index is 1.55. The van der Waals surface area contributed by atoms with Crippen LogP contribution in [0.2, 0.25) is 0 Å². The van der Waals surface area contributed by atoms with Crippen molar-refractivity contribution in [1.29, 1.82) is 0 Å². The highest BCUT2D eigenvalue weighted by molar-refractivity contribution is 5.94. The van der Waals surface area contributed by atoms with E-state index in [0.29, 0.717) is 31.0 Å². The van der Waals surface area contributed by atoms with Crippen molar-refractivity contribution >= 4 is 23.9 Å². The molecule has 2 saturated carbocycles. The summed E-state index contributed by atoms with van der Waals surface area (Å²) < 4.78 is 4.97. The summed E-state index contributed by atoms with van der Waals surface area (Å²) >= 11 is 0. The van der Waals surface area contributed by atoms with E-state index in [2.05, 4.69) is 26.3 Å². The highest BCUT2D eigenvalue weighted by Crippen LogP contribution is 2.52. The van der Waals surface area contributed by atoms with Crippen molar-refractivity contribution in [2.24, 2.45) is 22.7 Å². The highest BCUT2D eigenvalue weighted by Gasteiger charge is 2.59. The molecule has 4 atom stereocenters. The molecule has 162 valence electrons. The van der Waals surface area contributed by atoms with Gasteiger partial charge in [-0.2, -0.15) is 0 Å². The van der Waals surface area contributed by atoms with Crippen LogP contribution in [0.25, 0.3) is 0 Å². The van der Waals surface area contributed by atoms with Gasteiger partial charge in [-0.05, 0) is 44.1 Å². The fourth-order valence-corrected chi connectivity index (χ4v) is 4.47. The first-order valence-corrected chi connectivity index (χ1v) is 10.5. The Kier molecular flexibility index (Phi) is 7.29. The van der Waals surface area contributed by atoms with Crippen LogP contribution in [0.5, 0.6) is 0 Å². The molecule has 10 heteroatoms. The van der Waals surface area contributed by atoms with Gasteiger partial charge in [0.1, 0.15) is 6.54 Å². The van der Waals surface area contributed by atoms with Gasteiger partial charge in [0.05, 0.1) is 12.6 Å². The molecule has 3 rings (SSSR count). The molecule has 3 fully saturated rings. The molecule has 1 heterocycles. The van der Waals surface area contributed by atoms with Crippen molar-refractivity contribution in [3.05, 3.63) is 0 Å². The fourth-order valence-electron chi connectivity index (χ4n) is 4.47. The van der Waals surface area contributed by atoms with E-state index in [-0.39, 0.29) is 36.9 Å². The van der Waals surface area contributed by atoms with Gasteiger partial charge in [-0.3, -0.25) is 19.9 Å². The van der Waals surface area contributed by atoms with Crippen molar-refractivity contribution in [3.8, 4) is 0 Å². The van der Waals surface area contributed by atoms with Gasteiger partial charge in [0.15, 0.2) is 0 Å². The first-order valence-electron chi connectivity index (χ1n) is 10.5. The predicted molar refractivity (Wildman–Crippen MR) is 105 cm³/mol. The van der Waals surface area contributed by atoms with Crippen molar-refractivity contribution in [2.75, 3.05) is 26.2 Å². The second-order valence-electron chi connectivity index (χ2n) is 7.92. The lowest BCUT2D eigenvalue weighted by molar-refractivity contribution is -0.138. The van der Waals surface area contributed by atoms with E-state index >= 15 is 0 Å². The summed E-state index contributed by atoms with van der Waals surface area (Å²) in [5.41, 5.74) is 0. The van der Waals surface area contributed by atoms with E-state index in [1.54, 1.807) is 6.92 Å². The largest absolute Gasteiger partial charge is 0.480 e. The van der Waals surface area contributed by atoms with Crippen LogP contribution in [0.15, 0.2) is 4.99 Å². The second kappa shape index (κ2) is 9.91. The Morgan fingerprint density at radius 1 is 1.21 bits per heavy atom. The summed E-state index contributed by atoms with van der Waals surface area (Å²) in [5.74, 6) is -0.182. The first kappa shape index (κ1) is 21.4. The van der Waals surface area contributed by atoms with Gasteiger partial charge in [0, 0.05) is 12.6 Å². The summed E-state index contributed by atoms with van der Waals surface area (Å²) in [4.78, 5) is 39.3. The third kappa shape index (κ3) is 5.81. The van der Waals surface area contributed by atoms with Gasteiger partial charge in [-0.1, -0.05) is 19.3 Å². The number of nitrogens with zero attached hydrogens (tertiary/aromatic N) is 1. The van der Waals surface area contributed by atoms with E-state index in [4.69, 9.17) is 9.84 Å². The zero-order chi connectivity index (χ0) is 20.8. The SMILES string of the molecule is CCOC(=O)NC(=NC[C@@H]1[C@H]2CN[C@H](C(=O)NCC(=O)O)[C@@H]12)NC1CCCCC1. The third-order valence-corrected chi connectivity index (χ3v) is 5.95. The molecule has 2 amide bonds. The number of aliphatic carboxylic acids is 1. The monoisotopic (exact) mass is 409 g/mol. The minimum absolute atomic E-state index is 0.145. The molecule has 1 aliphatic heterocycles. The molecule has 0 unspecified atom stereocenters. The summed E-state index contributed by atoms with van der Waals surface area (Å²) in [5, 5.41) is 20.3. The fraction of sp³-hybridized carbons (Fsp3) is 0.789. The number of guanidine groups is 1. The van der Waals surface area contributed by atoms with Crippen LogP contribution in [0.1, 0.15) is 39.0 Å². The summed E-state index contributed by atoms with van der Waals surface area (Å²) in [6, 6.07) is -0.0911. The molecule has 3 aliphatic rings. The number of carboxylic acid groups (broad SMARTS) is 1. The lowest BCUT2D eigenvalue weighted by Crippen LogP contribution is -2.47. The van der Waals surface area contributed by atoms with Crippen LogP contribution in [0.4, 0.5) is 4.79 Å². The van der Waals surface area contributed by atoms with E-state index in [0.717, 1.165) is 25.7 Å². The molecule has 0 spiro atoms. The number of ether oxygens (including phenoxy) is 1. The topological polar surface area (TPSA) is 141 Å². The average Bonchev–Trinajstić information content (AvgIpc) is 3.19. The lowest BCUT2D eigenvalue weighted by atomic mass is 9.96. The molecule has 5 N–H and O–H groups in total. The number of amides is 2. The number of piperidine rings is 1. The first-order chi connectivity index (χ1) is 14.0. The normalized spacial score (nSPS) is 28.9. The van der Waals surface area contributed by atoms with Crippen LogP contribution in [-0.2, 0) is 14.3 Å². The number of hydrogen-bond donors (Lipinski definition) is 5. The Labute approximate surface area is 170 Å². The van der Waals surface area contributed by atoms with Gasteiger partial charge < -0.3 is 25.8 Å². The van der Waals surface area contributed by atoms with Gasteiger partial charge in [0.2, 0.25) is 11.9 Å². The van der Waals surface area contributed by atoms with Gasteiger partial charge in [-0.15, -0.1) is 0 Å². The van der Waals surface area contributed by atoms with Crippen LogP contribution in [0, 0.1) is 17.8 Å². The van der Waals surface area contributed by atoms with E-state index in [1.165, 1.54) is 6.42 Å². The molecule has 29 heavy (non-hydrogen) atoms. The molecule has 0 radical (unpaired) electrons. The molecule has 0 aromatic heterocycles. The number of rotatable bonds is 7. The van der Waals surface area contributed by atoms with E-state index in [9.17, 15) is 14.4 Å². The van der Waals surface area contributed by atoms with Crippen LogP contribution in [0.3, 0.4) is 0 Å². The van der Waals surface area contributed by atoms with Crippen LogP contribution < -0.4 is 21.3 Å². The maximum Gasteiger partial charge on any atom is 0.413 e. The van der Waals surface area contributed by atoms with Crippen molar-refractivity contribution in [3.63, 3.8) is 0 Å². The molecule has 2 aliphatic carbocycles. The second-order valence-corrected chi connectivity index (χ2v) is 7.92. The summed E-state index contributed by atoms with van der Waals surface area (Å²) in [7, 11) is 0. The number of carbonyl (C=O) groups is 3. The number of fused-ring (bicyclic) bond motifs is 1. The number of alkyl carbamates (subject to hydrolysis) is 1. The van der Waals surface area contributed by atoms with E-state index in [1.807, 2.05) is 0 Å². The molecule has 1 saturated heterocycles. The Hall–Kier alpha value is -2.36. The van der Waals surface area contributed by atoms with E-state index < -0.39 is 12.1 Å². The Bertz CT molecular complexity index is 649. The average molecular weight is 409 g/mol. The molecule has 0 aromatic rings. The highest BCUT2D eigenvalue weighted by atomic mass is 16.5. The molecular weight excluding hydrogens is 378 g/mol. The zero-order valence-electron chi connectivity index (χ0n) is 16.8. The van der Waals surface area contributed by atoms with Gasteiger partial charge >= 0.3 is 12.1 Å². The number of hydrogen-bond acceptors (Lipinski definition) is 6. The lowest BCUT2D eigenvalue weighted by Gasteiger charge is -2.24. The van der Waals surface area contributed by atoms with Crippen molar-refractivity contribution in [2.45, 2.75) is 51.1 Å². The Morgan fingerprint density at radius 3 is 2.66 bits per heavy atom. The van der Waals surface area contributed by atoms with Crippen LogP contribution >= 0.6 is 0 Å². The summed E-state index contributed by atoms with van der Waals surface area (Å²) in [6.45, 7) is 2.87. The van der Waals surface area contributed by atoms with Gasteiger partial charge in [-0.25, -0.2) is 4.79 Å². The minimum Gasteiger partial charge on any atom is -0.480 e. The number of carboxylic acids is 1. The quantitative estimate of drug-likeness (QED) is 0.295. The van der Waals surface area contributed by atoms with Gasteiger partial charge in [0.25, 0.3) is 0 Å². The number of aliphatic imine (C=N–C) groups is 1. The number of nitrogens with one attached hydrogen (secondary N) is 4. The maximum atomic E-state index is 12.2. The zero-order valence-corrected chi connectivity index (χ0v) is 16.8. The predicted octanol–water partition coefficient (Wildman–Crippen LogP) is 0.0456. The summed E-state index contributed by atoms with van der Waals surface area (Å²) in [6.07, 6.45) is 5.13. The third-order valence-electron chi connectivity index (χ3n) is 5.95. The maximum absolute atomic E-state index is 12.2. The molecule has 10 nitrogen and oxygen atoms in total. The molecule has 0 aromatic carbocycles. The standard InChI is InChI=1S/C19H31N5O5/c1-2-29-19(28)24-18(23-11-6-4-3-5-7-11)22-9-13-12-8-20-16(15(12)13)17(27)21-10-14(25)26/h11-13,15-16,20H,2-10H2,1H3,(H,21,27)(H,25,26)(H2,22,23,24,28)/t12-,13-,15-,16+/m1/s1. The van der Waals surface area contributed by atoms with Crippen LogP contribution in [-0.4, -0.2) is 67.4 Å².